The topological polar surface area (TPSA) is 67.9 Å². The van der Waals surface area contributed by atoms with E-state index in [9.17, 15) is 9.59 Å². The minimum Gasteiger partial charge on any atom is -0.382 e. The van der Waals surface area contributed by atoms with Crippen LogP contribution in [0.4, 0.5) is 0 Å². The smallest absolute Gasteiger partial charge is 0.246 e. The van der Waals surface area contributed by atoms with E-state index in [-0.39, 0.29) is 11.8 Å². The van der Waals surface area contributed by atoms with Crippen LogP contribution in [0.25, 0.3) is 0 Å². The number of nitrogens with one attached hydrogen (secondary N) is 1. The molecule has 1 N–H and O–H groups in total. The molecule has 21 heavy (non-hydrogen) atoms. The predicted octanol–water partition coefficient (Wildman–Crippen LogP) is 0.945. The summed E-state index contributed by atoms with van der Waals surface area (Å²) in [5, 5.41) is 2.83. The monoisotopic (exact) mass is 300 g/mol. The Labute approximate surface area is 127 Å². The Morgan fingerprint density at radius 2 is 1.95 bits per heavy atom. The first-order valence-corrected chi connectivity index (χ1v) is 7.70. The van der Waals surface area contributed by atoms with Crippen molar-refractivity contribution in [3.8, 4) is 0 Å². The third kappa shape index (κ3) is 4.17. The summed E-state index contributed by atoms with van der Waals surface area (Å²) in [6, 6.07) is -0.397. The Balaban J connectivity index is 2.60. The summed E-state index contributed by atoms with van der Waals surface area (Å²) < 4.78 is 10.3. The van der Waals surface area contributed by atoms with Crippen molar-refractivity contribution in [3.05, 3.63) is 0 Å². The van der Waals surface area contributed by atoms with Crippen molar-refractivity contribution in [2.75, 3.05) is 33.5 Å². The minimum atomic E-state index is -0.755. The van der Waals surface area contributed by atoms with E-state index in [1.165, 1.54) is 0 Å². The van der Waals surface area contributed by atoms with Gasteiger partial charge in [0.15, 0.2) is 0 Å². The standard InChI is InChI=1S/C15H28N2O4/c1-5-12-13(18)17(8-7-9-21-11-10-20-4)15(3,6-2)14(19)16-12/h12H,5-11H2,1-4H3,(H,16,19). The largest absolute Gasteiger partial charge is 0.382 e. The summed E-state index contributed by atoms with van der Waals surface area (Å²) in [6.07, 6.45) is 1.94. The normalized spacial score (nSPS) is 26.1. The molecule has 1 aliphatic heterocycles. The zero-order valence-electron chi connectivity index (χ0n) is 13.6. The summed E-state index contributed by atoms with van der Waals surface area (Å²) in [4.78, 5) is 26.5. The molecule has 0 radical (unpaired) electrons. The summed E-state index contributed by atoms with van der Waals surface area (Å²) in [5.74, 6) is -0.0462. The third-order valence-electron chi connectivity index (χ3n) is 4.15. The van der Waals surface area contributed by atoms with Crippen molar-refractivity contribution in [1.29, 1.82) is 0 Å². The van der Waals surface area contributed by atoms with Crippen molar-refractivity contribution in [1.82, 2.24) is 10.2 Å². The molecule has 2 unspecified atom stereocenters. The number of ether oxygens (including phenoxy) is 2. The van der Waals surface area contributed by atoms with Gasteiger partial charge in [0.05, 0.1) is 13.2 Å². The van der Waals surface area contributed by atoms with E-state index in [4.69, 9.17) is 9.47 Å². The molecule has 0 bridgehead atoms. The van der Waals surface area contributed by atoms with Crippen molar-refractivity contribution in [2.24, 2.45) is 0 Å². The van der Waals surface area contributed by atoms with Crippen molar-refractivity contribution in [2.45, 2.75) is 51.6 Å². The van der Waals surface area contributed by atoms with Crippen LogP contribution >= 0.6 is 0 Å². The van der Waals surface area contributed by atoms with Gasteiger partial charge >= 0.3 is 0 Å². The predicted molar refractivity (Wildman–Crippen MR) is 79.9 cm³/mol. The maximum Gasteiger partial charge on any atom is 0.246 e. The number of nitrogens with zero attached hydrogens (tertiary/aromatic N) is 1. The van der Waals surface area contributed by atoms with Gasteiger partial charge in [-0.15, -0.1) is 0 Å². The molecule has 1 rings (SSSR count). The Kier molecular flexibility index (Phi) is 7.11. The van der Waals surface area contributed by atoms with E-state index in [0.717, 1.165) is 6.42 Å². The summed E-state index contributed by atoms with van der Waals surface area (Å²) >= 11 is 0. The van der Waals surface area contributed by atoms with Gasteiger partial charge in [-0.25, -0.2) is 0 Å². The first-order valence-electron chi connectivity index (χ1n) is 7.70. The molecule has 1 aliphatic rings. The number of piperazine rings is 1. The van der Waals surface area contributed by atoms with Crippen LogP contribution in [0.5, 0.6) is 0 Å². The van der Waals surface area contributed by atoms with E-state index in [2.05, 4.69) is 5.32 Å². The molecule has 1 fully saturated rings. The highest BCUT2D eigenvalue weighted by atomic mass is 16.5. The molecular formula is C15H28N2O4. The van der Waals surface area contributed by atoms with Gasteiger partial charge in [-0.2, -0.15) is 0 Å². The SMILES string of the molecule is CCC1NC(=O)C(C)(CC)N(CCCOCCOC)C1=O. The summed E-state index contributed by atoms with van der Waals surface area (Å²) in [5.41, 5.74) is -0.755. The number of methoxy groups -OCH3 is 1. The lowest BCUT2D eigenvalue weighted by molar-refractivity contribution is -0.157. The highest BCUT2D eigenvalue weighted by Gasteiger charge is 2.47. The Hall–Kier alpha value is -1.14. The summed E-state index contributed by atoms with van der Waals surface area (Å²) in [6.45, 7) is 7.89. The average Bonchev–Trinajstić information content (AvgIpc) is 2.49. The molecule has 6 heteroatoms. The minimum absolute atomic E-state index is 0.0124. The van der Waals surface area contributed by atoms with Gasteiger partial charge in [0, 0.05) is 20.3 Å². The maximum atomic E-state index is 12.5. The second kappa shape index (κ2) is 8.34. The molecule has 0 saturated carbocycles. The number of hydrogen-bond donors (Lipinski definition) is 1. The molecule has 0 aromatic carbocycles. The zero-order valence-corrected chi connectivity index (χ0v) is 13.6. The lowest BCUT2D eigenvalue weighted by Crippen LogP contribution is -2.69. The second-order valence-corrected chi connectivity index (χ2v) is 5.51. The van der Waals surface area contributed by atoms with Gasteiger partial charge in [0.1, 0.15) is 11.6 Å². The van der Waals surface area contributed by atoms with Gasteiger partial charge in [0.25, 0.3) is 0 Å². The van der Waals surface area contributed by atoms with Crippen LogP contribution in [0.3, 0.4) is 0 Å². The molecule has 1 saturated heterocycles. The van der Waals surface area contributed by atoms with Gasteiger partial charge in [-0.1, -0.05) is 13.8 Å². The summed E-state index contributed by atoms with van der Waals surface area (Å²) in [7, 11) is 1.63. The lowest BCUT2D eigenvalue weighted by atomic mass is 9.90. The second-order valence-electron chi connectivity index (χ2n) is 5.51. The zero-order chi connectivity index (χ0) is 15.9. The van der Waals surface area contributed by atoms with Gasteiger partial charge in [0.2, 0.25) is 11.8 Å². The average molecular weight is 300 g/mol. The van der Waals surface area contributed by atoms with Crippen LogP contribution < -0.4 is 5.32 Å². The fraction of sp³-hybridized carbons (Fsp3) is 0.867. The van der Waals surface area contributed by atoms with E-state index in [1.54, 1.807) is 12.0 Å². The molecule has 0 aromatic heterocycles. The fourth-order valence-electron chi connectivity index (χ4n) is 2.48. The molecule has 0 aliphatic carbocycles. The number of rotatable bonds is 9. The molecule has 2 atom stereocenters. The van der Waals surface area contributed by atoms with Gasteiger partial charge in [-0.3, -0.25) is 9.59 Å². The van der Waals surface area contributed by atoms with Crippen molar-refractivity contribution >= 4 is 11.8 Å². The van der Waals surface area contributed by atoms with E-state index < -0.39 is 11.6 Å². The molecule has 0 aromatic rings. The Bertz CT molecular complexity index is 362. The number of hydrogen-bond acceptors (Lipinski definition) is 4. The quantitative estimate of drug-likeness (QED) is 0.644. The molecule has 0 spiro atoms. The first-order chi connectivity index (χ1) is 10.0. The van der Waals surface area contributed by atoms with Crippen LogP contribution in [-0.4, -0.2) is 61.8 Å². The highest BCUT2D eigenvalue weighted by molar-refractivity contribution is 5.99. The molecule has 1 heterocycles. The van der Waals surface area contributed by atoms with Gasteiger partial charge < -0.3 is 19.7 Å². The van der Waals surface area contributed by atoms with Crippen molar-refractivity contribution in [3.63, 3.8) is 0 Å². The van der Waals surface area contributed by atoms with Gasteiger partial charge in [-0.05, 0) is 26.2 Å². The van der Waals surface area contributed by atoms with E-state index >= 15 is 0 Å². The first kappa shape index (κ1) is 17.9. The van der Waals surface area contributed by atoms with Crippen LogP contribution in [0, 0.1) is 0 Å². The van der Waals surface area contributed by atoms with Crippen LogP contribution in [0.1, 0.15) is 40.0 Å². The molecule has 6 nitrogen and oxygen atoms in total. The van der Waals surface area contributed by atoms with Crippen LogP contribution in [0.2, 0.25) is 0 Å². The van der Waals surface area contributed by atoms with Crippen LogP contribution in [0.15, 0.2) is 0 Å². The number of carbonyl (C=O) groups is 2. The number of carbonyl (C=O) groups excluding carboxylic acids is 2. The molecule has 2 amide bonds. The lowest BCUT2D eigenvalue weighted by Gasteiger charge is -2.46. The molecule has 122 valence electrons. The number of amides is 2. The Morgan fingerprint density at radius 3 is 2.52 bits per heavy atom. The fourth-order valence-corrected chi connectivity index (χ4v) is 2.48. The van der Waals surface area contributed by atoms with Crippen molar-refractivity contribution < 1.29 is 19.1 Å². The van der Waals surface area contributed by atoms with Crippen LogP contribution in [-0.2, 0) is 19.1 Å². The molecular weight excluding hydrogens is 272 g/mol. The third-order valence-corrected chi connectivity index (χ3v) is 4.15. The maximum absolute atomic E-state index is 12.5. The van der Waals surface area contributed by atoms with E-state index in [1.807, 2.05) is 20.8 Å². The Morgan fingerprint density at radius 1 is 1.24 bits per heavy atom. The highest BCUT2D eigenvalue weighted by Crippen LogP contribution is 2.26. The van der Waals surface area contributed by atoms with E-state index in [0.29, 0.717) is 39.2 Å².